The van der Waals surface area contributed by atoms with Crippen LogP contribution in [0.4, 0.5) is 0 Å². The van der Waals surface area contributed by atoms with E-state index < -0.39 is 49.5 Å². The molecule has 0 aromatic heterocycles. The van der Waals surface area contributed by atoms with Gasteiger partial charge in [0.2, 0.25) is 5.91 Å². The van der Waals surface area contributed by atoms with Crippen molar-refractivity contribution in [2.45, 2.75) is 346 Å². The number of nitrogens with one attached hydrogen (secondary N) is 1. The molecule has 0 spiro atoms. The minimum atomic E-state index is -1.57. The summed E-state index contributed by atoms with van der Waals surface area (Å²) in [5.74, 6) is -0.184. The Morgan fingerprint density at radius 3 is 1.22 bits per heavy atom. The molecule has 7 unspecified atom stereocenters. The van der Waals surface area contributed by atoms with Crippen LogP contribution in [-0.4, -0.2) is 87.5 Å². The summed E-state index contributed by atoms with van der Waals surface area (Å²) < 4.78 is 11.3. The molecule has 74 heavy (non-hydrogen) atoms. The molecule has 434 valence electrons. The van der Waals surface area contributed by atoms with Gasteiger partial charge < -0.3 is 40.3 Å². The molecular formula is C65H121NO8. The summed E-state index contributed by atoms with van der Waals surface area (Å²) in [5.41, 5.74) is 0. The topological polar surface area (TPSA) is 149 Å². The summed E-state index contributed by atoms with van der Waals surface area (Å²) in [6.07, 6.45) is 66.2. The quantitative estimate of drug-likeness (QED) is 0.0261. The minimum absolute atomic E-state index is 0.184. The summed E-state index contributed by atoms with van der Waals surface area (Å²) in [6, 6.07) is -0.824. The van der Waals surface area contributed by atoms with E-state index in [1.165, 1.54) is 238 Å². The van der Waals surface area contributed by atoms with Crippen molar-refractivity contribution in [2.24, 2.45) is 0 Å². The van der Waals surface area contributed by atoms with Gasteiger partial charge in [0.05, 0.1) is 25.4 Å². The Hall–Kier alpha value is -1.85. The van der Waals surface area contributed by atoms with Gasteiger partial charge in [-0.1, -0.05) is 281 Å². The smallest absolute Gasteiger partial charge is 0.220 e. The monoisotopic (exact) mass is 1040 g/mol. The van der Waals surface area contributed by atoms with E-state index in [-0.39, 0.29) is 12.5 Å². The molecule has 0 saturated carbocycles. The minimum Gasteiger partial charge on any atom is -0.394 e. The Kier molecular flexibility index (Phi) is 51.7. The molecule has 1 aliphatic heterocycles. The highest BCUT2D eigenvalue weighted by atomic mass is 16.7. The summed E-state index contributed by atoms with van der Waals surface area (Å²) in [5, 5.41) is 54.6. The molecule has 1 saturated heterocycles. The van der Waals surface area contributed by atoms with E-state index in [0.717, 1.165) is 44.9 Å². The molecule has 6 N–H and O–H groups in total. The highest BCUT2D eigenvalue weighted by Gasteiger charge is 2.44. The molecule has 0 aromatic carbocycles. The van der Waals surface area contributed by atoms with Crippen LogP contribution in [0.15, 0.2) is 48.6 Å². The van der Waals surface area contributed by atoms with Crippen LogP contribution in [0.25, 0.3) is 0 Å². The lowest BCUT2D eigenvalue weighted by Gasteiger charge is -2.40. The van der Waals surface area contributed by atoms with Crippen molar-refractivity contribution in [1.82, 2.24) is 5.32 Å². The lowest BCUT2D eigenvalue weighted by molar-refractivity contribution is -0.302. The van der Waals surface area contributed by atoms with Crippen molar-refractivity contribution in [3.8, 4) is 0 Å². The van der Waals surface area contributed by atoms with E-state index in [1.807, 2.05) is 6.08 Å². The zero-order valence-corrected chi connectivity index (χ0v) is 48.4. The molecule has 1 heterocycles. The van der Waals surface area contributed by atoms with Crippen LogP contribution < -0.4 is 5.32 Å². The van der Waals surface area contributed by atoms with Crippen molar-refractivity contribution >= 4 is 5.91 Å². The zero-order chi connectivity index (χ0) is 53.6. The lowest BCUT2D eigenvalue weighted by atomic mass is 9.99. The van der Waals surface area contributed by atoms with Gasteiger partial charge in [0.1, 0.15) is 24.4 Å². The first-order valence-corrected chi connectivity index (χ1v) is 31.9. The molecule has 0 bridgehead atoms. The number of allylic oxidation sites excluding steroid dienone is 7. The number of aliphatic hydroxyl groups excluding tert-OH is 5. The van der Waals surface area contributed by atoms with Gasteiger partial charge in [0.15, 0.2) is 6.29 Å². The van der Waals surface area contributed by atoms with Crippen molar-refractivity contribution in [1.29, 1.82) is 0 Å². The number of ether oxygens (including phenoxy) is 2. The predicted octanol–water partition coefficient (Wildman–Crippen LogP) is 16.5. The first-order chi connectivity index (χ1) is 36.3. The van der Waals surface area contributed by atoms with Crippen LogP contribution >= 0.6 is 0 Å². The highest BCUT2D eigenvalue weighted by Crippen LogP contribution is 2.23. The fourth-order valence-electron chi connectivity index (χ4n) is 10.1. The average molecular weight is 1040 g/mol. The van der Waals surface area contributed by atoms with Crippen LogP contribution in [0.1, 0.15) is 303 Å². The van der Waals surface area contributed by atoms with Crippen molar-refractivity contribution in [3.63, 3.8) is 0 Å². The second-order valence-electron chi connectivity index (χ2n) is 22.2. The number of unbranched alkanes of at least 4 members (excludes halogenated alkanes) is 39. The fourth-order valence-corrected chi connectivity index (χ4v) is 10.1. The van der Waals surface area contributed by atoms with Crippen molar-refractivity contribution in [2.75, 3.05) is 13.2 Å². The van der Waals surface area contributed by atoms with E-state index in [2.05, 4.69) is 55.6 Å². The van der Waals surface area contributed by atoms with Gasteiger partial charge in [-0.3, -0.25) is 4.79 Å². The molecular weight excluding hydrogens is 923 g/mol. The van der Waals surface area contributed by atoms with Gasteiger partial charge in [0.25, 0.3) is 0 Å². The number of carbonyl (C=O) groups is 1. The Morgan fingerprint density at radius 2 is 0.811 bits per heavy atom. The van der Waals surface area contributed by atoms with Gasteiger partial charge in [-0.2, -0.15) is 0 Å². The maximum atomic E-state index is 13.1. The maximum Gasteiger partial charge on any atom is 0.220 e. The molecule has 9 heteroatoms. The third kappa shape index (κ3) is 43.2. The van der Waals surface area contributed by atoms with Gasteiger partial charge in [-0.05, 0) is 64.2 Å². The summed E-state index contributed by atoms with van der Waals surface area (Å²) in [7, 11) is 0. The molecule has 1 aliphatic rings. The summed E-state index contributed by atoms with van der Waals surface area (Å²) >= 11 is 0. The summed E-state index contributed by atoms with van der Waals surface area (Å²) in [6.45, 7) is 3.80. The van der Waals surface area contributed by atoms with Crippen LogP contribution in [0, 0.1) is 0 Å². The van der Waals surface area contributed by atoms with Crippen LogP contribution in [0.3, 0.4) is 0 Å². The lowest BCUT2D eigenvalue weighted by Crippen LogP contribution is -2.60. The number of hydrogen-bond acceptors (Lipinski definition) is 8. The Labute approximate surface area is 456 Å². The van der Waals surface area contributed by atoms with Crippen LogP contribution in [-0.2, 0) is 14.3 Å². The van der Waals surface area contributed by atoms with Crippen LogP contribution in [0.5, 0.6) is 0 Å². The molecule has 1 fully saturated rings. The predicted molar refractivity (Wildman–Crippen MR) is 313 cm³/mol. The van der Waals surface area contributed by atoms with Crippen LogP contribution in [0.2, 0.25) is 0 Å². The van der Waals surface area contributed by atoms with Crippen molar-refractivity contribution in [3.05, 3.63) is 48.6 Å². The van der Waals surface area contributed by atoms with E-state index in [1.54, 1.807) is 6.08 Å². The van der Waals surface area contributed by atoms with Crippen molar-refractivity contribution < 1.29 is 39.8 Å². The number of rotatable bonds is 55. The third-order valence-corrected chi connectivity index (χ3v) is 15.1. The van der Waals surface area contributed by atoms with E-state index in [9.17, 15) is 30.3 Å². The molecule has 9 nitrogen and oxygen atoms in total. The first-order valence-electron chi connectivity index (χ1n) is 31.9. The molecule has 0 aliphatic carbocycles. The molecule has 1 amide bonds. The SMILES string of the molecule is CCCCCCCCCCC/C=C\C/C=C\CCCCCCCCCCCCCCCC(=O)NC(COC1OC(CO)C(O)C(O)C1O)C(O)/C=C/CC/C=C/CCCCCCCCCCCCCCCCCC. The maximum absolute atomic E-state index is 13.1. The Balaban J connectivity index is 2.19. The first kappa shape index (κ1) is 70.2. The van der Waals surface area contributed by atoms with E-state index in [4.69, 9.17) is 9.47 Å². The van der Waals surface area contributed by atoms with Gasteiger partial charge in [-0.15, -0.1) is 0 Å². The molecule has 0 aromatic rings. The summed E-state index contributed by atoms with van der Waals surface area (Å²) in [4.78, 5) is 13.1. The fraction of sp³-hybridized carbons (Fsp3) is 0.862. The number of amides is 1. The Morgan fingerprint density at radius 1 is 0.459 bits per heavy atom. The third-order valence-electron chi connectivity index (χ3n) is 15.1. The highest BCUT2D eigenvalue weighted by molar-refractivity contribution is 5.76. The number of aliphatic hydroxyl groups is 5. The number of hydrogen-bond donors (Lipinski definition) is 6. The van der Waals surface area contributed by atoms with Gasteiger partial charge in [0, 0.05) is 6.42 Å². The largest absolute Gasteiger partial charge is 0.394 e. The van der Waals surface area contributed by atoms with E-state index in [0.29, 0.717) is 6.42 Å². The zero-order valence-electron chi connectivity index (χ0n) is 48.4. The molecule has 7 atom stereocenters. The second kappa shape index (κ2) is 54.5. The Bertz CT molecular complexity index is 1300. The normalized spacial score (nSPS) is 19.3. The average Bonchev–Trinajstić information content (AvgIpc) is 3.40. The molecule has 0 radical (unpaired) electrons. The number of carbonyl (C=O) groups excluding carboxylic acids is 1. The van der Waals surface area contributed by atoms with E-state index >= 15 is 0 Å². The van der Waals surface area contributed by atoms with Gasteiger partial charge >= 0.3 is 0 Å². The standard InChI is InChI=1S/C65H121NO8/c1-3-5-7-9-11-13-15-17-19-21-23-25-27-28-29-30-31-32-33-35-37-39-41-43-45-47-49-51-53-55-61(69)66-58(57-73-65-64(72)63(71)62(70)60(56-67)74-65)59(68)54-52-50-48-46-44-42-40-38-36-34-26-24-22-20-18-16-14-12-10-8-6-4-2/h23,25,28-29,44,46,52,54,58-60,62-65,67-68,70-72H,3-22,24,26-27,30-43,45,47-51,53,55-57H2,1-2H3,(H,66,69)/b25-23-,29-28-,46-44+,54-52+. The van der Waals surface area contributed by atoms with Gasteiger partial charge in [-0.25, -0.2) is 0 Å². The molecule has 1 rings (SSSR count). The second-order valence-corrected chi connectivity index (χ2v) is 22.2.